The first-order valence-corrected chi connectivity index (χ1v) is 7.20. The highest BCUT2D eigenvalue weighted by atomic mass is 16.2. The molecular formula is C14H26N2O. The molecule has 17 heavy (non-hydrogen) atoms. The van der Waals surface area contributed by atoms with Crippen molar-refractivity contribution in [3.8, 4) is 0 Å². The Kier molecular flexibility index (Phi) is 4.08. The second-order valence-corrected chi connectivity index (χ2v) is 5.73. The van der Waals surface area contributed by atoms with Crippen LogP contribution in [0.1, 0.15) is 52.9 Å². The zero-order chi connectivity index (χ0) is 12.4. The molecule has 4 atom stereocenters. The predicted octanol–water partition coefficient (Wildman–Crippen LogP) is 2.16. The van der Waals surface area contributed by atoms with Crippen molar-refractivity contribution in [3.05, 3.63) is 0 Å². The Bertz CT molecular complexity index is 279. The fraction of sp³-hybridized carbons (Fsp3) is 0.929. The zero-order valence-electron chi connectivity index (χ0n) is 11.4. The SMILES string of the molecule is CCC1CCC(C)N1C(=O)C1CCCNC1C. The van der Waals surface area contributed by atoms with Crippen LogP contribution >= 0.6 is 0 Å². The summed E-state index contributed by atoms with van der Waals surface area (Å²) in [5.41, 5.74) is 0. The molecule has 2 saturated heterocycles. The van der Waals surface area contributed by atoms with Gasteiger partial charge in [0.25, 0.3) is 0 Å². The molecule has 98 valence electrons. The summed E-state index contributed by atoms with van der Waals surface area (Å²) < 4.78 is 0. The van der Waals surface area contributed by atoms with Crippen LogP contribution in [0.3, 0.4) is 0 Å². The van der Waals surface area contributed by atoms with E-state index in [1.807, 2.05) is 0 Å². The molecule has 2 rings (SSSR count). The summed E-state index contributed by atoms with van der Waals surface area (Å²) in [4.78, 5) is 14.9. The van der Waals surface area contributed by atoms with Gasteiger partial charge in [-0.1, -0.05) is 6.92 Å². The summed E-state index contributed by atoms with van der Waals surface area (Å²) in [7, 11) is 0. The average Bonchev–Trinajstić information content (AvgIpc) is 2.70. The minimum atomic E-state index is 0.207. The van der Waals surface area contributed by atoms with E-state index in [1.165, 1.54) is 12.8 Å². The Labute approximate surface area is 105 Å². The summed E-state index contributed by atoms with van der Waals surface area (Å²) in [6.45, 7) is 7.63. The molecule has 0 aromatic heterocycles. The van der Waals surface area contributed by atoms with E-state index < -0.39 is 0 Å². The summed E-state index contributed by atoms with van der Waals surface area (Å²) in [6, 6.07) is 1.29. The number of piperidine rings is 1. The average molecular weight is 238 g/mol. The van der Waals surface area contributed by atoms with Crippen LogP contribution in [0.4, 0.5) is 0 Å². The highest BCUT2D eigenvalue weighted by Gasteiger charge is 2.38. The van der Waals surface area contributed by atoms with Crippen molar-refractivity contribution >= 4 is 5.91 Å². The number of hydrogen-bond donors (Lipinski definition) is 1. The van der Waals surface area contributed by atoms with Crippen molar-refractivity contribution in [1.82, 2.24) is 10.2 Å². The summed E-state index contributed by atoms with van der Waals surface area (Å²) >= 11 is 0. The van der Waals surface area contributed by atoms with E-state index in [2.05, 4.69) is 31.0 Å². The molecule has 2 heterocycles. The van der Waals surface area contributed by atoms with Gasteiger partial charge in [-0.25, -0.2) is 0 Å². The summed E-state index contributed by atoms with van der Waals surface area (Å²) in [6.07, 6.45) is 5.67. The van der Waals surface area contributed by atoms with Crippen molar-refractivity contribution in [2.24, 2.45) is 5.92 Å². The lowest BCUT2D eigenvalue weighted by Gasteiger charge is -2.36. The van der Waals surface area contributed by atoms with E-state index in [0.717, 1.165) is 25.8 Å². The van der Waals surface area contributed by atoms with Crippen LogP contribution in [0.25, 0.3) is 0 Å². The molecular weight excluding hydrogens is 212 g/mol. The topological polar surface area (TPSA) is 32.3 Å². The van der Waals surface area contributed by atoms with Gasteiger partial charge in [-0.15, -0.1) is 0 Å². The van der Waals surface area contributed by atoms with E-state index in [1.54, 1.807) is 0 Å². The summed E-state index contributed by atoms with van der Waals surface area (Å²) in [5.74, 6) is 0.611. The van der Waals surface area contributed by atoms with Gasteiger partial charge < -0.3 is 10.2 Å². The second-order valence-electron chi connectivity index (χ2n) is 5.73. The van der Waals surface area contributed by atoms with E-state index in [-0.39, 0.29) is 5.92 Å². The van der Waals surface area contributed by atoms with Gasteiger partial charge in [-0.05, 0) is 52.5 Å². The lowest BCUT2D eigenvalue weighted by atomic mass is 9.90. The maximum absolute atomic E-state index is 12.7. The lowest BCUT2D eigenvalue weighted by Crippen LogP contribution is -2.51. The molecule has 2 aliphatic heterocycles. The third-order valence-electron chi connectivity index (χ3n) is 4.59. The van der Waals surface area contributed by atoms with Gasteiger partial charge in [-0.2, -0.15) is 0 Å². The largest absolute Gasteiger partial charge is 0.337 e. The number of carbonyl (C=O) groups excluding carboxylic acids is 1. The Hall–Kier alpha value is -0.570. The summed E-state index contributed by atoms with van der Waals surface area (Å²) in [5, 5.41) is 3.44. The monoisotopic (exact) mass is 238 g/mol. The number of hydrogen-bond acceptors (Lipinski definition) is 2. The Morgan fingerprint density at radius 3 is 2.71 bits per heavy atom. The minimum absolute atomic E-state index is 0.207. The van der Waals surface area contributed by atoms with Crippen molar-refractivity contribution in [3.63, 3.8) is 0 Å². The number of amides is 1. The van der Waals surface area contributed by atoms with Crippen LogP contribution in [0.2, 0.25) is 0 Å². The number of carbonyl (C=O) groups is 1. The molecule has 3 heteroatoms. The van der Waals surface area contributed by atoms with E-state index in [9.17, 15) is 4.79 Å². The molecule has 1 N–H and O–H groups in total. The van der Waals surface area contributed by atoms with E-state index in [0.29, 0.717) is 24.0 Å². The van der Waals surface area contributed by atoms with Gasteiger partial charge in [0.05, 0.1) is 5.92 Å². The third-order valence-corrected chi connectivity index (χ3v) is 4.59. The normalized spacial score (nSPS) is 38.4. The van der Waals surface area contributed by atoms with Crippen LogP contribution in [0.5, 0.6) is 0 Å². The number of rotatable bonds is 2. The van der Waals surface area contributed by atoms with Crippen molar-refractivity contribution in [2.75, 3.05) is 6.54 Å². The van der Waals surface area contributed by atoms with Gasteiger partial charge in [0, 0.05) is 18.1 Å². The smallest absolute Gasteiger partial charge is 0.227 e. The van der Waals surface area contributed by atoms with Crippen molar-refractivity contribution in [1.29, 1.82) is 0 Å². The second kappa shape index (κ2) is 5.38. The van der Waals surface area contributed by atoms with Gasteiger partial charge >= 0.3 is 0 Å². The highest BCUT2D eigenvalue weighted by molar-refractivity contribution is 5.80. The quantitative estimate of drug-likeness (QED) is 0.799. The van der Waals surface area contributed by atoms with E-state index in [4.69, 9.17) is 0 Å². The molecule has 0 radical (unpaired) electrons. The first kappa shape index (κ1) is 12.9. The van der Waals surface area contributed by atoms with Crippen molar-refractivity contribution < 1.29 is 4.79 Å². The molecule has 4 unspecified atom stereocenters. The number of nitrogens with zero attached hydrogens (tertiary/aromatic N) is 1. The highest BCUT2D eigenvalue weighted by Crippen LogP contribution is 2.30. The van der Waals surface area contributed by atoms with Crippen LogP contribution in [0.15, 0.2) is 0 Å². The maximum atomic E-state index is 12.7. The third kappa shape index (κ3) is 2.49. The Morgan fingerprint density at radius 1 is 1.29 bits per heavy atom. The molecule has 0 spiro atoms. The maximum Gasteiger partial charge on any atom is 0.227 e. The first-order valence-electron chi connectivity index (χ1n) is 7.20. The molecule has 2 aliphatic rings. The molecule has 0 bridgehead atoms. The molecule has 0 aromatic rings. The van der Waals surface area contributed by atoms with Gasteiger partial charge in [0.2, 0.25) is 5.91 Å². The van der Waals surface area contributed by atoms with Crippen LogP contribution in [0, 0.1) is 5.92 Å². The number of nitrogens with one attached hydrogen (secondary N) is 1. The molecule has 3 nitrogen and oxygen atoms in total. The van der Waals surface area contributed by atoms with Gasteiger partial charge in [-0.3, -0.25) is 4.79 Å². The van der Waals surface area contributed by atoms with Crippen molar-refractivity contribution in [2.45, 2.75) is 71.0 Å². The van der Waals surface area contributed by atoms with Gasteiger partial charge in [0.15, 0.2) is 0 Å². The minimum Gasteiger partial charge on any atom is -0.337 e. The predicted molar refractivity (Wildman–Crippen MR) is 69.8 cm³/mol. The zero-order valence-corrected chi connectivity index (χ0v) is 11.4. The molecule has 0 aliphatic carbocycles. The Morgan fingerprint density at radius 2 is 2.06 bits per heavy atom. The lowest BCUT2D eigenvalue weighted by molar-refractivity contribution is -0.140. The van der Waals surface area contributed by atoms with Crippen LogP contribution < -0.4 is 5.32 Å². The fourth-order valence-corrected chi connectivity index (χ4v) is 3.44. The van der Waals surface area contributed by atoms with Gasteiger partial charge in [0.1, 0.15) is 0 Å². The first-order chi connectivity index (χ1) is 8.15. The van der Waals surface area contributed by atoms with Crippen LogP contribution in [-0.4, -0.2) is 35.5 Å². The molecule has 1 amide bonds. The van der Waals surface area contributed by atoms with E-state index >= 15 is 0 Å². The Balaban J connectivity index is 2.07. The molecule has 2 fully saturated rings. The molecule has 0 aromatic carbocycles. The van der Waals surface area contributed by atoms with Crippen LogP contribution in [-0.2, 0) is 4.79 Å². The molecule has 0 saturated carbocycles. The fourth-order valence-electron chi connectivity index (χ4n) is 3.44. The standard InChI is InChI=1S/C14H26N2O/c1-4-12-8-7-10(2)16(12)14(17)13-6-5-9-15-11(13)3/h10-13,15H,4-9H2,1-3H3. The number of likely N-dealkylation sites (tertiary alicyclic amines) is 1.